The zero-order valence-corrected chi connectivity index (χ0v) is 9.71. The molecule has 0 saturated heterocycles. The highest BCUT2D eigenvalue weighted by atomic mass is 16.5. The lowest BCUT2D eigenvalue weighted by atomic mass is 9.93. The number of rotatable bonds is 2. The van der Waals surface area contributed by atoms with Gasteiger partial charge < -0.3 is 9.84 Å². The van der Waals surface area contributed by atoms with Crippen LogP contribution in [0.1, 0.15) is 32.1 Å². The van der Waals surface area contributed by atoms with Crippen LogP contribution in [0.15, 0.2) is 29.6 Å². The molecule has 2 aliphatic rings. The molecule has 1 aliphatic heterocycles. The fraction of sp³-hybridized carbons (Fsp3) is 0.538. The number of allylic oxidation sites excluding steroid dienone is 2. The minimum Gasteiger partial charge on any atom is -0.481 e. The molecule has 17 heavy (non-hydrogen) atoms. The van der Waals surface area contributed by atoms with Crippen LogP contribution in [0.25, 0.3) is 0 Å². The summed E-state index contributed by atoms with van der Waals surface area (Å²) in [6.07, 6.45) is 11.3. The summed E-state index contributed by atoms with van der Waals surface area (Å²) >= 11 is 0. The van der Waals surface area contributed by atoms with Crippen molar-refractivity contribution in [2.45, 2.75) is 32.1 Å². The summed E-state index contributed by atoms with van der Waals surface area (Å²) in [5.41, 5.74) is 0. The first-order chi connectivity index (χ1) is 8.27. The van der Waals surface area contributed by atoms with Gasteiger partial charge in [-0.25, -0.2) is 4.99 Å². The van der Waals surface area contributed by atoms with E-state index in [2.05, 4.69) is 4.99 Å². The van der Waals surface area contributed by atoms with Crippen molar-refractivity contribution in [1.29, 1.82) is 0 Å². The zero-order chi connectivity index (χ0) is 12.1. The van der Waals surface area contributed by atoms with Gasteiger partial charge in [-0.1, -0.05) is 12.8 Å². The van der Waals surface area contributed by atoms with Gasteiger partial charge in [-0.15, -0.1) is 0 Å². The van der Waals surface area contributed by atoms with E-state index >= 15 is 0 Å². The minimum atomic E-state index is -0.697. The minimum absolute atomic E-state index is 0.131. The van der Waals surface area contributed by atoms with Crippen LogP contribution in [0.4, 0.5) is 0 Å². The monoisotopic (exact) mass is 235 g/mol. The number of hydrogen-bond donors (Lipinski definition) is 1. The number of carbonyl (C=O) groups is 1. The summed E-state index contributed by atoms with van der Waals surface area (Å²) in [7, 11) is 0. The molecule has 2 rings (SSSR count). The summed E-state index contributed by atoms with van der Waals surface area (Å²) in [6.45, 7) is 0. The van der Waals surface area contributed by atoms with Crippen LogP contribution in [0.5, 0.6) is 0 Å². The summed E-state index contributed by atoms with van der Waals surface area (Å²) < 4.78 is 5.44. The van der Waals surface area contributed by atoms with Crippen molar-refractivity contribution >= 4 is 11.9 Å². The predicted octanol–water partition coefficient (Wildman–Crippen LogP) is 2.72. The molecule has 0 aromatic carbocycles. The Balaban J connectivity index is 2.08. The highest BCUT2D eigenvalue weighted by Gasteiger charge is 2.28. The summed E-state index contributed by atoms with van der Waals surface area (Å²) in [5.74, 6) is -0.170. The van der Waals surface area contributed by atoms with Gasteiger partial charge >= 0.3 is 5.97 Å². The van der Waals surface area contributed by atoms with Crippen molar-refractivity contribution in [2.24, 2.45) is 16.8 Å². The molecule has 0 spiro atoms. The van der Waals surface area contributed by atoms with E-state index in [0.29, 0.717) is 12.3 Å². The largest absolute Gasteiger partial charge is 0.481 e. The summed E-state index contributed by atoms with van der Waals surface area (Å²) in [4.78, 5) is 15.3. The molecule has 0 aromatic heterocycles. The highest BCUT2D eigenvalue weighted by molar-refractivity contribution is 5.81. The molecule has 0 aromatic rings. The first-order valence-electron chi connectivity index (χ1n) is 6.06. The third-order valence-corrected chi connectivity index (χ3v) is 3.29. The SMILES string of the molecule is O=C(O)C1CCCCC(C2=NC=CC=CO2)C1. The summed E-state index contributed by atoms with van der Waals surface area (Å²) in [5, 5.41) is 9.13. The molecular weight excluding hydrogens is 218 g/mol. The van der Waals surface area contributed by atoms with Gasteiger partial charge in [0.25, 0.3) is 0 Å². The second-order valence-electron chi connectivity index (χ2n) is 4.51. The van der Waals surface area contributed by atoms with Crippen molar-refractivity contribution in [3.63, 3.8) is 0 Å². The normalized spacial score (nSPS) is 28.8. The van der Waals surface area contributed by atoms with Crippen molar-refractivity contribution in [3.05, 3.63) is 24.6 Å². The Morgan fingerprint density at radius 2 is 2.18 bits per heavy atom. The molecule has 1 aliphatic carbocycles. The number of nitrogens with zero attached hydrogens (tertiary/aromatic N) is 1. The third kappa shape index (κ3) is 3.19. The number of carboxylic acid groups (broad SMARTS) is 1. The lowest BCUT2D eigenvalue weighted by molar-refractivity contribution is -0.142. The van der Waals surface area contributed by atoms with Crippen molar-refractivity contribution < 1.29 is 14.6 Å². The number of carboxylic acids is 1. The Morgan fingerprint density at radius 1 is 1.35 bits per heavy atom. The van der Waals surface area contributed by atoms with E-state index < -0.39 is 5.97 Å². The Bertz CT molecular complexity index is 371. The zero-order valence-electron chi connectivity index (χ0n) is 9.71. The van der Waals surface area contributed by atoms with E-state index in [1.54, 1.807) is 24.6 Å². The molecule has 1 heterocycles. The van der Waals surface area contributed by atoms with Crippen LogP contribution in [0, 0.1) is 11.8 Å². The van der Waals surface area contributed by atoms with E-state index in [9.17, 15) is 4.79 Å². The van der Waals surface area contributed by atoms with Crippen LogP contribution in [0.3, 0.4) is 0 Å². The second kappa shape index (κ2) is 5.66. The lowest BCUT2D eigenvalue weighted by Crippen LogP contribution is -2.22. The molecule has 0 amide bonds. The molecule has 0 radical (unpaired) electrons. The van der Waals surface area contributed by atoms with E-state index in [1.807, 2.05) is 0 Å². The van der Waals surface area contributed by atoms with E-state index in [1.165, 1.54) is 0 Å². The Kier molecular flexibility index (Phi) is 3.96. The van der Waals surface area contributed by atoms with Crippen LogP contribution in [-0.2, 0) is 9.53 Å². The smallest absolute Gasteiger partial charge is 0.306 e. The molecule has 4 nitrogen and oxygen atoms in total. The van der Waals surface area contributed by atoms with Crippen molar-refractivity contribution in [2.75, 3.05) is 0 Å². The average Bonchev–Trinajstić information content (AvgIpc) is 2.71. The molecule has 92 valence electrons. The number of aliphatic carboxylic acids is 1. The number of hydrogen-bond acceptors (Lipinski definition) is 3. The Labute approximate surface area is 101 Å². The van der Waals surface area contributed by atoms with E-state index in [4.69, 9.17) is 9.84 Å². The standard InChI is InChI=1S/C13H17NO3/c15-13(16)11-6-2-1-5-10(9-11)12-14-7-3-4-8-17-12/h3-4,7-8,10-11H,1-2,5-6,9H2,(H,15,16). The fourth-order valence-electron chi connectivity index (χ4n) is 2.36. The molecule has 1 fully saturated rings. The van der Waals surface area contributed by atoms with Crippen molar-refractivity contribution in [3.8, 4) is 0 Å². The van der Waals surface area contributed by atoms with Gasteiger partial charge in [-0.2, -0.15) is 0 Å². The number of aliphatic imine (C=N–C) groups is 1. The average molecular weight is 235 g/mol. The van der Waals surface area contributed by atoms with Gasteiger partial charge in [0, 0.05) is 12.1 Å². The highest BCUT2D eigenvalue weighted by Crippen LogP contribution is 2.29. The van der Waals surface area contributed by atoms with Gasteiger partial charge in [-0.3, -0.25) is 4.79 Å². The molecule has 1 saturated carbocycles. The topological polar surface area (TPSA) is 58.9 Å². The van der Waals surface area contributed by atoms with Gasteiger partial charge in [0.15, 0.2) is 5.90 Å². The van der Waals surface area contributed by atoms with Gasteiger partial charge in [0.05, 0.1) is 12.2 Å². The van der Waals surface area contributed by atoms with Crippen LogP contribution < -0.4 is 0 Å². The molecule has 2 atom stereocenters. The maximum absolute atomic E-state index is 11.1. The molecular formula is C13H17NO3. The van der Waals surface area contributed by atoms with E-state index in [-0.39, 0.29) is 11.8 Å². The molecule has 1 N–H and O–H groups in total. The van der Waals surface area contributed by atoms with Crippen LogP contribution in [-0.4, -0.2) is 17.0 Å². The number of ether oxygens (including phenoxy) is 1. The van der Waals surface area contributed by atoms with Gasteiger partial charge in [-0.05, 0) is 31.4 Å². The maximum atomic E-state index is 11.1. The second-order valence-corrected chi connectivity index (χ2v) is 4.51. The van der Waals surface area contributed by atoms with E-state index in [0.717, 1.165) is 25.7 Å². The molecule has 4 heteroatoms. The summed E-state index contributed by atoms with van der Waals surface area (Å²) in [6, 6.07) is 0. The first kappa shape index (κ1) is 11.9. The first-order valence-corrected chi connectivity index (χ1v) is 6.06. The molecule has 2 unspecified atom stereocenters. The quantitative estimate of drug-likeness (QED) is 0.748. The van der Waals surface area contributed by atoms with Gasteiger partial charge in [0.2, 0.25) is 0 Å². The Hall–Kier alpha value is -1.58. The van der Waals surface area contributed by atoms with Crippen molar-refractivity contribution in [1.82, 2.24) is 0 Å². The maximum Gasteiger partial charge on any atom is 0.306 e. The predicted molar refractivity (Wildman–Crippen MR) is 64.5 cm³/mol. The fourth-order valence-corrected chi connectivity index (χ4v) is 2.36. The van der Waals surface area contributed by atoms with Gasteiger partial charge in [0.1, 0.15) is 0 Å². The van der Waals surface area contributed by atoms with Crippen LogP contribution >= 0.6 is 0 Å². The Morgan fingerprint density at radius 3 is 3.00 bits per heavy atom. The lowest BCUT2D eigenvalue weighted by Gasteiger charge is -2.17. The molecule has 0 bridgehead atoms. The third-order valence-electron chi connectivity index (χ3n) is 3.29. The van der Waals surface area contributed by atoms with Crippen LogP contribution in [0.2, 0.25) is 0 Å².